The molecule has 1 heterocycles. The molecule has 3 rings (SSSR count). The van der Waals surface area contributed by atoms with E-state index in [2.05, 4.69) is 4.90 Å². The normalized spacial score (nSPS) is 14.6. The molecule has 0 spiro atoms. The Kier molecular flexibility index (Phi) is 5.48. The minimum absolute atomic E-state index is 0.000654. The van der Waals surface area contributed by atoms with Crippen LogP contribution in [-0.4, -0.2) is 43.6 Å². The van der Waals surface area contributed by atoms with E-state index >= 15 is 0 Å². The van der Waals surface area contributed by atoms with Crippen molar-refractivity contribution in [2.24, 2.45) is 0 Å². The Morgan fingerprint density at radius 2 is 1.42 bits per heavy atom. The van der Waals surface area contributed by atoms with Crippen LogP contribution in [0.25, 0.3) is 0 Å². The fraction of sp³-hybridized carbons (Fsp3) is 0.278. The molecule has 6 heteroatoms. The second-order valence-electron chi connectivity index (χ2n) is 5.59. The molecule has 0 unspecified atom stereocenters. The first-order valence-electron chi connectivity index (χ1n) is 7.78. The van der Waals surface area contributed by atoms with Gasteiger partial charge in [-0.2, -0.15) is 0 Å². The van der Waals surface area contributed by atoms with Crippen molar-refractivity contribution in [1.82, 2.24) is 4.90 Å². The molecule has 0 aliphatic carbocycles. The van der Waals surface area contributed by atoms with Crippen LogP contribution in [0.1, 0.15) is 0 Å². The number of amides is 1. The van der Waals surface area contributed by atoms with E-state index < -0.39 is 0 Å². The molecule has 1 saturated heterocycles. The molecule has 0 saturated carbocycles. The van der Waals surface area contributed by atoms with Crippen molar-refractivity contribution >= 4 is 34.8 Å². The Bertz CT molecular complexity index is 681. The Labute approximate surface area is 151 Å². The van der Waals surface area contributed by atoms with E-state index in [1.165, 1.54) is 0 Å². The van der Waals surface area contributed by atoms with E-state index in [9.17, 15) is 4.79 Å². The van der Waals surface area contributed by atoms with Crippen LogP contribution in [0, 0.1) is 0 Å². The minimum atomic E-state index is 0.000654. The maximum Gasteiger partial charge on any atom is 0.260 e. The van der Waals surface area contributed by atoms with Crippen molar-refractivity contribution in [3.8, 4) is 5.75 Å². The molecule has 0 radical (unpaired) electrons. The van der Waals surface area contributed by atoms with Crippen LogP contribution in [0.5, 0.6) is 5.75 Å². The van der Waals surface area contributed by atoms with Gasteiger partial charge in [0.15, 0.2) is 6.61 Å². The van der Waals surface area contributed by atoms with Crippen LogP contribution in [0.15, 0.2) is 48.5 Å². The van der Waals surface area contributed by atoms with E-state index in [0.29, 0.717) is 23.9 Å². The molecule has 1 amide bonds. The quantitative estimate of drug-likeness (QED) is 0.828. The van der Waals surface area contributed by atoms with Crippen molar-refractivity contribution in [1.29, 1.82) is 0 Å². The first kappa shape index (κ1) is 16.9. The molecule has 1 aliphatic heterocycles. The monoisotopic (exact) mass is 364 g/mol. The first-order chi connectivity index (χ1) is 11.6. The van der Waals surface area contributed by atoms with Gasteiger partial charge in [-0.25, -0.2) is 0 Å². The summed E-state index contributed by atoms with van der Waals surface area (Å²) in [6.07, 6.45) is 0. The molecular weight excluding hydrogens is 347 g/mol. The van der Waals surface area contributed by atoms with Crippen molar-refractivity contribution < 1.29 is 9.53 Å². The van der Waals surface area contributed by atoms with E-state index in [4.69, 9.17) is 27.9 Å². The lowest BCUT2D eigenvalue weighted by molar-refractivity contribution is -0.133. The Hall–Kier alpha value is -1.91. The van der Waals surface area contributed by atoms with Gasteiger partial charge in [-0.05, 0) is 48.5 Å². The van der Waals surface area contributed by atoms with Gasteiger partial charge in [-0.15, -0.1) is 0 Å². The van der Waals surface area contributed by atoms with Crippen molar-refractivity contribution in [3.63, 3.8) is 0 Å². The zero-order valence-corrected chi connectivity index (χ0v) is 14.6. The van der Waals surface area contributed by atoms with E-state index in [0.717, 1.165) is 23.8 Å². The SMILES string of the molecule is O=C(COc1ccc(Cl)cc1)N1CCN(c2ccc(Cl)cc2)CC1. The number of carbonyl (C=O) groups excluding carboxylic acids is 1. The maximum atomic E-state index is 12.3. The lowest BCUT2D eigenvalue weighted by Gasteiger charge is -2.36. The maximum absolute atomic E-state index is 12.3. The molecule has 2 aromatic rings. The summed E-state index contributed by atoms with van der Waals surface area (Å²) >= 11 is 11.7. The van der Waals surface area contributed by atoms with Crippen molar-refractivity contribution in [2.45, 2.75) is 0 Å². The average molecular weight is 365 g/mol. The predicted molar refractivity (Wildman–Crippen MR) is 97.2 cm³/mol. The highest BCUT2D eigenvalue weighted by Crippen LogP contribution is 2.20. The average Bonchev–Trinajstić information content (AvgIpc) is 2.62. The molecule has 1 aliphatic rings. The van der Waals surface area contributed by atoms with Gasteiger partial charge in [0, 0.05) is 41.9 Å². The first-order valence-corrected chi connectivity index (χ1v) is 8.54. The number of benzene rings is 2. The Morgan fingerprint density at radius 3 is 2.00 bits per heavy atom. The molecule has 0 aromatic heterocycles. The van der Waals surface area contributed by atoms with E-state index in [1.807, 2.05) is 29.2 Å². The number of hydrogen-bond acceptors (Lipinski definition) is 3. The molecule has 126 valence electrons. The van der Waals surface area contributed by atoms with Gasteiger partial charge in [0.05, 0.1) is 0 Å². The second-order valence-corrected chi connectivity index (χ2v) is 6.46. The molecule has 4 nitrogen and oxygen atoms in total. The summed E-state index contributed by atoms with van der Waals surface area (Å²) in [7, 11) is 0. The van der Waals surface area contributed by atoms with Crippen LogP contribution >= 0.6 is 23.2 Å². The molecule has 24 heavy (non-hydrogen) atoms. The van der Waals surface area contributed by atoms with Gasteiger partial charge in [0.25, 0.3) is 5.91 Å². The molecule has 1 fully saturated rings. The summed E-state index contributed by atoms with van der Waals surface area (Å²) in [6, 6.07) is 14.8. The largest absolute Gasteiger partial charge is 0.484 e. The van der Waals surface area contributed by atoms with Crippen molar-refractivity contribution in [2.75, 3.05) is 37.7 Å². The van der Waals surface area contributed by atoms with Gasteiger partial charge in [-0.1, -0.05) is 23.2 Å². The van der Waals surface area contributed by atoms with Crippen LogP contribution in [0.3, 0.4) is 0 Å². The van der Waals surface area contributed by atoms with Gasteiger partial charge < -0.3 is 14.5 Å². The highest BCUT2D eigenvalue weighted by Gasteiger charge is 2.21. The minimum Gasteiger partial charge on any atom is -0.484 e. The van der Waals surface area contributed by atoms with E-state index in [1.54, 1.807) is 24.3 Å². The number of piperazine rings is 1. The fourth-order valence-corrected chi connectivity index (χ4v) is 2.89. The van der Waals surface area contributed by atoms with Crippen LogP contribution in [0.2, 0.25) is 10.0 Å². The van der Waals surface area contributed by atoms with E-state index in [-0.39, 0.29) is 12.5 Å². The topological polar surface area (TPSA) is 32.8 Å². The van der Waals surface area contributed by atoms with Gasteiger partial charge >= 0.3 is 0 Å². The molecule has 0 N–H and O–H groups in total. The highest BCUT2D eigenvalue weighted by molar-refractivity contribution is 6.30. The number of rotatable bonds is 4. The number of hydrogen-bond donors (Lipinski definition) is 0. The third-order valence-corrected chi connectivity index (χ3v) is 4.50. The van der Waals surface area contributed by atoms with Crippen LogP contribution in [0.4, 0.5) is 5.69 Å². The fourth-order valence-electron chi connectivity index (χ4n) is 2.63. The predicted octanol–water partition coefficient (Wildman–Crippen LogP) is 3.72. The number of carbonyl (C=O) groups is 1. The summed E-state index contributed by atoms with van der Waals surface area (Å²) in [5.74, 6) is 0.647. The number of halogens is 2. The molecule has 2 aromatic carbocycles. The zero-order valence-electron chi connectivity index (χ0n) is 13.1. The molecule has 0 atom stereocenters. The second kappa shape index (κ2) is 7.77. The summed E-state index contributed by atoms with van der Waals surface area (Å²) in [4.78, 5) is 16.4. The Morgan fingerprint density at radius 1 is 0.875 bits per heavy atom. The van der Waals surface area contributed by atoms with Gasteiger partial charge in [0.2, 0.25) is 0 Å². The van der Waals surface area contributed by atoms with Gasteiger partial charge in [0.1, 0.15) is 5.75 Å². The Balaban J connectivity index is 1.48. The molecule has 0 bridgehead atoms. The lowest BCUT2D eigenvalue weighted by atomic mass is 10.2. The van der Waals surface area contributed by atoms with Gasteiger partial charge in [-0.3, -0.25) is 4.79 Å². The summed E-state index contributed by atoms with van der Waals surface area (Å²) in [5, 5.41) is 1.37. The van der Waals surface area contributed by atoms with Crippen LogP contribution < -0.4 is 9.64 Å². The zero-order chi connectivity index (χ0) is 16.9. The van der Waals surface area contributed by atoms with Crippen LogP contribution in [-0.2, 0) is 4.79 Å². The lowest BCUT2D eigenvalue weighted by Crippen LogP contribution is -2.50. The summed E-state index contributed by atoms with van der Waals surface area (Å²) < 4.78 is 5.52. The number of ether oxygens (including phenoxy) is 1. The summed E-state index contributed by atoms with van der Waals surface area (Å²) in [6.45, 7) is 3.02. The summed E-state index contributed by atoms with van der Waals surface area (Å²) in [5.41, 5.74) is 1.13. The smallest absolute Gasteiger partial charge is 0.260 e. The highest BCUT2D eigenvalue weighted by atomic mass is 35.5. The number of anilines is 1. The third-order valence-electron chi connectivity index (χ3n) is 4.00. The third kappa shape index (κ3) is 4.34. The van der Waals surface area contributed by atoms with Crippen molar-refractivity contribution in [3.05, 3.63) is 58.6 Å². The standard InChI is InChI=1S/C18H18Cl2N2O2/c19-14-1-5-16(6-2-14)21-9-11-22(12-10-21)18(23)13-24-17-7-3-15(20)4-8-17/h1-8H,9-13H2. The number of nitrogens with zero attached hydrogens (tertiary/aromatic N) is 2. The molecular formula is C18H18Cl2N2O2.